The second-order valence-corrected chi connectivity index (χ2v) is 15.5. The first kappa shape index (κ1) is 42.3. The Kier molecular flexibility index (Phi) is 12.6. The Bertz CT molecular complexity index is 1790. The number of fused-ring (bicyclic) bond motifs is 5. The fraction of sp³-hybridized carbons (Fsp3) is 0.625. The summed E-state index contributed by atoms with van der Waals surface area (Å²) in [5.41, 5.74) is -5.92. The summed E-state index contributed by atoms with van der Waals surface area (Å²) in [7, 11) is 1.27. The van der Waals surface area contributed by atoms with Crippen LogP contribution in [0, 0.1) is 38.7 Å². The van der Waals surface area contributed by atoms with Gasteiger partial charge in [-0.1, -0.05) is 38.8 Å². The summed E-state index contributed by atoms with van der Waals surface area (Å²) in [5, 5.41) is 21.2. The molecule has 3 fully saturated rings. The minimum absolute atomic E-state index is 0.0220. The lowest BCUT2D eigenvalue weighted by molar-refractivity contribution is -0.757. The van der Waals surface area contributed by atoms with E-state index in [0.29, 0.717) is 37.7 Å². The van der Waals surface area contributed by atoms with Crippen LogP contribution in [0.3, 0.4) is 0 Å². The van der Waals surface area contributed by atoms with Gasteiger partial charge in [-0.15, -0.1) is 10.1 Å². The lowest BCUT2D eigenvalue weighted by Gasteiger charge is -2.62. The minimum atomic E-state index is -2.18. The summed E-state index contributed by atoms with van der Waals surface area (Å²) >= 11 is 0. The Morgan fingerprint density at radius 1 is 1.05 bits per heavy atom. The van der Waals surface area contributed by atoms with Crippen molar-refractivity contribution in [2.75, 3.05) is 26.9 Å². The van der Waals surface area contributed by atoms with E-state index in [1.54, 1.807) is 26.8 Å². The van der Waals surface area contributed by atoms with Gasteiger partial charge in [-0.3, -0.25) is 14.4 Å². The molecule has 0 aliphatic heterocycles. The standard InChI is InChI=1S/C40H50FNO14/c1-6-7-10-34(46)56-40(24(2)19-29-28-13-12-26-21-27(43)15-16-37(26,3)39(28,41)32(44)22-38(29,40)4)33(45)23-53-36(48)55-30-14-11-25(20-31(30)51-5)35(47)52-17-8-9-18-54-42(49)50/h11,14-16,20-21,24,28-29,32,44H,6-10,12-13,17-19,22-23H2,1-5H3/t24-,28?,29?,32-,37-,38-,39-,40-/m0/s1. The number of carbonyl (C=O) groups is 5. The van der Waals surface area contributed by atoms with Crippen molar-refractivity contribution in [3.05, 3.63) is 57.7 Å². The predicted molar refractivity (Wildman–Crippen MR) is 194 cm³/mol. The quantitative estimate of drug-likeness (QED) is 0.0509. The second kappa shape index (κ2) is 16.7. The zero-order chi connectivity index (χ0) is 41.1. The SMILES string of the molecule is CCCCC(=O)O[C@]1(C(=O)COC(=O)Oc2ccc(C(=O)OCCCCO[N+](=O)[O-])cc2OC)[C@@H](C)CC2C3CCC4=CC(=O)C=C[C@]4(C)[C@@]3(F)[C@@H](O)C[C@@]21C. The molecule has 1 aromatic rings. The number of nitrogens with zero attached hydrogens (tertiary/aromatic N) is 1. The third-order valence-corrected chi connectivity index (χ3v) is 12.5. The number of aliphatic hydroxyl groups excluding tert-OH is 1. The molecule has 0 heterocycles. The number of alkyl halides is 1. The Hall–Kier alpha value is -4.86. The summed E-state index contributed by atoms with van der Waals surface area (Å²) < 4.78 is 45.1. The first-order valence-electron chi connectivity index (χ1n) is 19.0. The van der Waals surface area contributed by atoms with Crippen LogP contribution >= 0.6 is 0 Å². The fourth-order valence-corrected chi connectivity index (χ4v) is 9.77. The number of benzene rings is 1. The van der Waals surface area contributed by atoms with Gasteiger partial charge in [0.1, 0.15) is 0 Å². The van der Waals surface area contributed by atoms with E-state index in [4.69, 9.17) is 23.7 Å². The Balaban J connectivity index is 1.33. The Labute approximate surface area is 323 Å². The highest BCUT2D eigenvalue weighted by atomic mass is 19.1. The highest BCUT2D eigenvalue weighted by molar-refractivity contribution is 6.01. The van der Waals surface area contributed by atoms with Crippen LogP contribution in [0.2, 0.25) is 0 Å². The third kappa shape index (κ3) is 7.51. The van der Waals surface area contributed by atoms with Gasteiger partial charge < -0.3 is 33.6 Å². The van der Waals surface area contributed by atoms with E-state index >= 15 is 4.39 Å². The van der Waals surface area contributed by atoms with Crippen LogP contribution in [-0.2, 0) is 33.4 Å². The molecule has 0 spiro atoms. The van der Waals surface area contributed by atoms with Crippen LogP contribution in [0.1, 0.15) is 95.8 Å². The maximum Gasteiger partial charge on any atom is 0.514 e. The summed E-state index contributed by atoms with van der Waals surface area (Å²) in [6.45, 7) is 6.04. The van der Waals surface area contributed by atoms with E-state index in [1.807, 2.05) is 6.92 Å². The summed E-state index contributed by atoms with van der Waals surface area (Å²) in [6.07, 6.45) is 4.00. The van der Waals surface area contributed by atoms with Crippen molar-refractivity contribution in [3.63, 3.8) is 0 Å². The highest BCUT2D eigenvalue weighted by Gasteiger charge is 2.77. The number of rotatable bonds is 16. The molecule has 4 aliphatic carbocycles. The van der Waals surface area contributed by atoms with Gasteiger partial charge in [0.15, 0.2) is 35.2 Å². The largest absolute Gasteiger partial charge is 0.514 e. The molecule has 8 atom stereocenters. The number of aliphatic hydroxyl groups is 1. The molecular weight excluding hydrogens is 737 g/mol. The van der Waals surface area contributed by atoms with Gasteiger partial charge in [-0.05, 0) is 88.1 Å². The van der Waals surface area contributed by atoms with Gasteiger partial charge in [0.2, 0.25) is 5.78 Å². The number of ketones is 2. The number of hydrogen-bond acceptors (Lipinski definition) is 14. The van der Waals surface area contributed by atoms with Gasteiger partial charge in [0.05, 0.1) is 32.0 Å². The van der Waals surface area contributed by atoms with Crippen molar-refractivity contribution in [1.29, 1.82) is 0 Å². The monoisotopic (exact) mass is 787 g/mol. The molecule has 0 aromatic heterocycles. The van der Waals surface area contributed by atoms with Crippen LogP contribution in [0.15, 0.2) is 42.0 Å². The molecule has 0 radical (unpaired) electrons. The van der Waals surface area contributed by atoms with E-state index in [2.05, 4.69) is 4.84 Å². The van der Waals surface area contributed by atoms with Crippen molar-refractivity contribution in [1.82, 2.24) is 0 Å². The first-order chi connectivity index (χ1) is 26.5. The van der Waals surface area contributed by atoms with Gasteiger partial charge >= 0.3 is 18.1 Å². The number of hydrogen-bond donors (Lipinski definition) is 1. The van der Waals surface area contributed by atoms with Crippen LogP contribution < -0.4 is 9.47 Å². The summed E-state index contributed by atoms with van der Waals surface area (Å²) in [4.78, 5) is 80.2. The van der Waals surface area contributed by atoms with Crippen molar-refractivity contribution >= 4 is 29.7 Å². The first-order valence-corrected chi connectivity index (χ1v) is 19.0. The highest BCUT2D eigenvalue weighted by Crippen LogP contribution is 2.71. The van der Waals surface area contributed by atoms with Crippen molar-refractivity contribution in [3.8, 4) is 11.5 Å². The van der Waals surface area contributed by atoms with E-state index in [0.717, 1.165) is 0 Å². The number of allylic oxidation sites excluding steroid dienone is 4. The molecule has 2 unspecified atom stereocenters. The third-order valence-electron chi connectivity index (χ3n) is 12.5. The van der Waals surface area contributed by atoms with Crippen molar-refractivity contribution in [2.45, 2.75) is 103 Å². The molecule has 4 aliphatic rings. The lowest BCUT2D eigenvalue weighted by Crippen LogP contribution is -2.70. The van der Waals surface area contributed by atoms with E-state index < -0.39 is 81.5 Å². The molecule has 56 heavy (non-hydrogen) atoms. The molecule has 306 valence electrons. The number of unbranched alkanes of at least 4 members (excludes halogenated alkanes) is 2. The smallest absolute Gasteiger partial charge is 0.493 e. The van der Waals surface area contributed by atoms with Gasteiger partial charge in [-0.2, -0.15) is 0 Å². The molecule has 1 N–H and O–H groups in total. The summed E-state index contributed by atoms with van der Waals surface area (Å²) in [5.74, 6) is -4.45. The van der Waals surface area contributed by atoms with Crippen LogP contribution in [0.4, 0.5) is 9.18 Å². The van der Waals surface area contributed by atoms with Gasteiger partial charge in [0, 0.05) is 29.1 Å². The molecule has 3 saturated carbocycles. The van der Waals surface area contributed by atoms with Gasteiger partial charge in [0.25, 0.3) is 5.09 Å². The number of carbonyl (C=O) groups excluding carboxylic acids is 5. The molecule has 0 saturated heterocycles. The number of Topliss-reactive ketones (excluding diaryl/α,β-unsaturated/α-hetero) is 1. The Morgan fingerprint density at radius 2 is 1.79 bits per heavy atom. The zero-order valence-corrected chi connectivity index (χ0v) is 32.3. The number of esters is 2. The predicted octanol–water partition coefficient (Wildman–Crippen LogP) is 6.01. The number of halogens is 1. The maximum atomic E-state index is 17.8. The molecule has 0 bridgehead atoms. The molecule has 0 amide bonds. The van der Waals surface area contributed by atoms with Crippen LogP contribution in [0.5, 0.6) is 11.5 Å². The Morgan fingerprint density at radius 3 is 2.48 bits per heavy atom. The van der Waals surface area contributed by atoms with Crippen LogP contribution in [-0.4, -0.2) is 84.2 Å². The summed E-state index contributed by atoms with van der Waals surface area (Å²) in [6, 6.07) is 3.84. The van der Waals surface area contributed by atoms with E-state index in [9.17, 15) is 39.2 Å². The molecule has 5 rings (SSSR count). The van der Waals surface area contributed by atoms with Crippen LogP contribution in [0.25, 0.3) is 0 Å². The van der Waals surface area contributed by atoms with Crippen molar-refractivity contribution in [2.24, 2.45) is 28.6 Å². The zero-order valence-electron chi connectivity index (χ0n) is 32.3. The average molecular weight is 788 g/mol. The second-order valence-electron chi connectivity index (χ2n) is 15.5. The normalized spacial score (nSPS) is 31.5. The number of methoxy groups -OCH3 is 1. The average Bonchev–Trinajstić information content (AvgIpc) is 3.37. The maximum absolute atomic E-state index is 17.8. The fourth-order valence-electron chi connectivity index (χ4n) is 9.77. The topological polar surface area (TPSA) is 204 Å². The van der Waals surface area contributed by atoms with E-state index in [1.165, 1.54) is 37.5 Å². The molecular formula is C40H50FNO14. The van der Waals surface area contributed by atoms with Gasteiger partial charge in [-0.25, -0.2) is 14.0 Å². The minimum Gasteiger partial charge on any atom is -0.493 e. The molecule has 16 heteroatoms. The molecule has 1 aromatic carbocycles. The lowest BCUT2D eigenvalue weighted by atomic mass is 9.44. The van der Waals surface area contributed by atoms with Crippen molar-refractivity contribution < 1.29 is 67.1 Å². The molecule has 15 nitrogen and oxygen atoms in total. The number of ether oxygens (including phenoxy) is 5. The van der Waals surface area contributed by atoms with E-state index in [-0.39, 0.29) is 61.7 Å².